The van der Waals surface area contributed by atoms with Crippen molar-refractivity contribution < 1.29 is 9.32 Å². The van der Waals surface area contributed by atoms with Crippen LogP contribution in [0.4, 0.5) is 0 Å². The van der Waals surface area contributed by atoms with Crippen LogP contribution in [0.2, 0.25) is 0 Å². The highest BCUT2D eigenvalue weighted by Crippen LogP contribution is 2.31. The van der Waals surface area contributed by atoms with Crippen molar-refractivity contribution in [3.05, 3.63) is 72.2 Å². The molecule has 0 aliphatic heterocycles. The fourth-order valence-corrected chi connectivity index (χ4v) is 2.96. The van der Waals surface area contributed by atoms with Crippen molar-refractivity contribution in [2.45, 2.75) is 25.8 Å². The molecule has 0 atom stereocenters. The smallest absolute Gasteiger partial charge is 0.261 e. The zero-order chi connectivity index (χ0) is 23.3. The molecule has 0 saturated carbocycles. The number of nitrogens with two attached hydrogens (primary N) is 2. The molecule has 0 aliphatic carbocycles. The third kappa shape index (κ3) is 4.91. The van der Waals surface area contributed by atoms with Crippen molar-refractivity contribution in [1.29, 1.82) is 0 Å². The van der Waals surface area contributed by atoms with Crippen molar-refractivity contribution >= 4 is 17.7 Å². The van der Waals surface area contributed by atoms with E-state index in [0.717, 1.165) is 16.7 Å². The number of amides is 1. The number of nitrogens with one attached hydrogen (secondary N) is 1. The van der Waals surface area contributed by atoms with E-state index in [4.69, 9.17) is 16.0 Å². The molecule has 32 heavy (non-hydrogen) atoms. The summed E-state index contributed by atoms with van der Waals surface area (Å²) in [7, 11) is 1.57. The van der Waals surface area contributed by atoms with Gasteiger partial charge in [-0.05, 0) is 25.0 Å². The number of aliphatic imine (C=N–C) groups is 1. The van der Waals surface area contributed by atoms with E-state index in [9.17, 15) is 4.79 Å². The normalized spacial score (nSPS) is 12.3. The second kappa shape index (κ2) is 9.29. The first-order chi connectivity index (χ1) is 15.2. The first-order valence-electron chi connectivity index (χ1n) is 9.83. The Bertz CT molecular complexity index is 1170. The number of aromatic nitrogens is 4. The van der Waals surface area contributed by atoms with E-state index in [2.05, 4.69) is 32.1 Å². The Hall–Kier alpha value is -4.21. The maximum Gasteiger partial charge on any atom is 0.261 e. The topological polar surface area (TPSA) is 150 Å². The summed E-state index contributed by atoms with van der Waals surface area (Å²) in [5, 5.41) is 10.9. The van der Waals surface area contributed by atoms with Crippen LogP contribution in [0, 0.1) is 0 Å². The Kier molecular flexibility index (Phi) is 6.53. The Morgan fingerprint density at radius 1 is 1.34 bits per heavy atom. The lowest BCUT2D eigenvalue weighted by Gasteiger charge is -2.21. The number of nitrogens with zero attached hydrogens (tertiary/aromatic N) is 5. The molecule has 3 aromatic rings. The third-order valence-electron chi connectivity index (χ3n) is 4.94. The molecule has 10 heteroatoms. The van der Waals surface area contributed by atoms with Gasteiger partial charge in [0.05, 0.1) is 17.2 Å². The van der Waals surface area contributed by atoms with Gasteiger partial charge in [-0.3, -0.25) is 9.48 Å². The van der Waals surface area contributed by atoms with Crippen molar-refractivity contribution in [1.82, 2.24) is 25.2 Å². The van der Waals surface area contributed by atoms with Crippen LogP contribution in [0.5, 0.6) is 0 Å². The van der Waals surface area contributed by atoms with Crippen LogP contribution in [0.15, 0.2) is 64.8 Å². The lowest BCUT2D eigenvalue weighted by atomic mass is 9.83. The number of allylic oxidation sites excluding steroid dienone is 1. The van der Waals surface area contributed by atoms with E-state index >= 15 is 0 Å². The van der Waals surface area contributed by atoms with E-state index in [1.54, 1.807) is 25.7 Å². The van der Waals surface area contributed by atoms with Crippen LogP contribution >= 0.6 is 0 Å². The molecule has 0 aliphatic rings. The summed E-state index contributed by atoms with van der Waals surface area (Å²) in [4.78, 5) is 20.1. The van der Waals surface area contributed by atoms with Crippen LogP contribution in [0.1, 0.15) is 30.8 Å². The number of carbonyl (C=O) groups excluding carboxylic acids is 1. The van der Waals surface area contributed by atoms with Crippen LogP contribution in [-0.2, 0) is 16.8 Å². The minimum atomic E-state index is -0.523. The third-order valence-corrected chi connectivity index (χ3v) is 4.94. The maximum absolute atomic E-state index is 11.5. The Morgan fingerprint density at radius 3 is 2.69 bits per heavy atom. The molecule has 0 bridgehead atoms. The number of benzene rings is 1. The molecule has 3 rings (SSSR count). The largest absolute Gasteiger partial charge is 0.404 e. The van der Waals surface area contributed by atoms with Crippen molar-refractivity contribution in [2.24, 2.45) is 16.5 Å². The molecular formula is C22H26N8O2. The highest BCUT2D eigenvalue weighted by Gasteiger charge is 2.29. The van der Waals surface area contributed by atoms with Gasteiger partial charge >= 0.3 is 0 Å². The van der Waals surface area contributed by atoms with Crippen molar-refractivity contribution in [3.63, 3.8) is 0 Å². The SMILES string of the molecule is C=C(N)N=C/C(=C\N)c1ccc(C(C)(C)c2noc(-c3cnn(CC(=O)NC)c3)n2)cc1. The molecule has 5 N–H and O–H groups in total. The fourth-order valence-electron chi connectivity index (χ4n) is 2.96. The number of likely N-dealkylation sites (N-methyl/N-ethyl adjacent to an activating group) is 1. The molecule has 1 aromatic carbocycles. The van der Waals surface area contributed by atoms with Gasteiger partial charge in [-0.25, -0.2) is 4.99 Å². The molecule has 1 amide bonds. The summed E-state index contributed by atoms with van der Waals surface area (Å²) in [5.74, 6) is 0.908. The standard InChI is InChI=1S/C22H26N8O2/c1-14(24)26-10-16(9-23)15-5-7-18(8-6-15)22(2,3)21-28-20(32-29-21)17-11-27-30(12-17)13-19(31)25-4/h5-12H,1,13,23-24H2,2-4H3,(H,25,31)/b16-9+,26-10?. The molecule has 0 spiro atoms. The fraction of sp³-hybridized carbons (Fsp3) is 0.227. The summed E-state index contributed by atoms with van der Waals surface area (Å²) in [6.45, 7) is 7.66. The van der Waals surface area contributed by atoms with Gasteiger partial charge in [0.2, 0.25) is 5.91 Å². The van der Waals surface area contributed by atoms with Gasteiger partial charge in [0.15, 0.2) is 5.82 Å². The van der Waals surface area contributed by atoms with Gasteiger partial charge in [-0.2, -0.15) is 10.1 Å². The zero-order valence-electron chi connectivity index (χ0n) is 18.2. The van der Waals surface area contributed by atoms with E-state index in [1.807, 2.05) is 38.1 Å². The Labute approximate surface area is 185 Å². The second-order valence-electron chi connectivity index (χ2n) is 7.60. The van der Waals surface area contributed by atoms with E-state index in [-0.39, 0.29) is 18.3 Å². The molecule has 10 nitrogen and oxygen atoms in total. The molecular weight excluding hydrogens is 408 g/mol. The van der Waals surface area contributed by atoms with Gasteiger partial charge in [0.1, 0.15) is 12.4 Å². The van der Waals surface area contributed by atoms with Crippen LogP contribution in [0.25, 0.3) is 17.0 Å². The number of hydrogen-bond donors (Lipinski definition) is 3. The Morgan fingerprint density at radius 2 is 2.06 bits per heavy atom. The van der Waals surface area contributed by atoms with Crippen LogP contribution in [-0.4, -0.2) is 39.1 Å². The monoisotopic (exact) mass is 434 g/mol. The zero-order valence-corrected chi connectivity index (χ0v) is 18.2. The molecule has 166 valence electrons. The molecule has 2 aromatic heterocycles. The molecule has 0 saturated heterocycles. The van der Waals surface area contributed by atoms with Gasteiger partial charge in [-0.15, -0.1) is 0 Å². The predicted octanol–water partition coefficient (Wildman–Crippen LogP) is 1.81. The summed E-state index contributed by atoms with van der Waals surface area (Å²) < 4.78 is 6.97. The highest BCUT2D eigenvalue weighted by atomic mass is 16.5. The first kappa shape index (κ1) is 22.5. The lowest BCUT2D eigenvalue weighted by Crippen LogP contribution is -2.23. The molecule has 0 fully saturated rings. The van der Waals surface area contributed by atoms with Crippen molar-refractivity contribution in [3.8, 4) is 11.5 Å². The number of rotatable bonds is 8. The number of hydrogen-bond acceptors (Lipinski definition) is 8. The van der Waals surface area contributed by atoms with E-state index in [0.29, 0.717) is 17.3 Å². The average molecular weight is 435 g/mol. The van der Waals surface area contributed by atoms with Crippen LogP contribution < -0.4 is 16.8 Å². The lowest BCUT2D eigenvalue weighted by molar-refractivity contribution is -0.121. The summed E-state index contributed by atoms with van der Waals surface area (Å²) in [6, 6.07) is 7.82. The summed E-state index contributed by atoms with van der Waals surface area (Å²) in [5.41, 5.74) is 13.9. The minimum Gasteiger partial charge on any atom is -0.404 e. The van der Waals surface area contributed by atoms with Gasteiger partial charge in [-0.1, -0.05) is 36.0 Å². The highest BCUT2D eigenvalue weighted by molar-refractivity contribution is 6.09. The molecule has 0 radical (unpaired) electrons. The predicted molar refractivity (Wildman–Crippen MR) is 122 cm³/mol. The maximum atomic E-state index is 11.5. The van der Waals surface area contributed by atoms with E-state index in [1.165, 1.54) is 10.9 Å². The quantitative estimate of drug-likeness (QED) is 0.457. The average Bonchev–Trinajstić information content (AvgIpc) is 3.44. The van der Waals surface area contributed by atoms with E-state index < -0.39 is 5.41 Å². The minimum absolute atomic E-state index is 0.110. The second-order valence-corrected chi connectivity index (χ2v) is 7.60. The number of carbonyl (C=O) groups is 1. The van der Waals surface area contributed by atoms with Gasteiger partial charge < -0.3 is 21.3 Å². The van der Waals surface area contributed by atoms with Crippen LogP contribution in [0.3, 0.4) is 0 Å². The molecule has 2 heterocycles. The van der Waals surface area contributed by atoms with Crippen molar-refractivity contribution in [2.75, 3.05) is 7.05 Å². The van der Waals surface area contributed by atoms with Gasteiger partial charge in [0, 0.05) is 31.2 Å². The molecule has 0 unspecified atom stereocenters. The Balaban J connectivity index is 1.81. The van der Waals surface area contributed by atoms with Gasteiger partial charge in [0.25, 0.3) is 5.89 Å². The summed E-state index contributed by atoms with van der Waals surface area (Å²) >= 11 is 0. The first-order valence-corrected chi connectivity index (χ1v) is 9.83. The summed E-state index contributed by atoms with van der Waals surface area (Å²) in [6.07, 6.45) is 6.30.